The van der Waals surface area contributed by atoms with Crippen LogP contribution in [0.25, 0.3) is 0 Å². The Morgan fingerprint density at radius 1 is 1.21 bits per heavy atom. The minimum atomic E-state index is -0.974. The normalized spacial score (nSPS) is 25.5. The van der Waals surface area contributed by atoms with Crippen molar-refractivity contribution in [3.63, 3.8) is 0 Å². The lowest BCUT2D eigenvalue weighted by atomic mass is 9.83. The number of thioether (sulfide) groups is 1. The summed E-state index contributed by atoms with van der Waals surface area (Å²) in [6, 6.07) is 14.7. The van der Waals surface area contributed by atoms with Crippen LogP contribution in [0.4, 0.5) is 5.69 Å². The van der Waals surface area contributed by atoms with E-state index in [1.54, 1.807) is 35.0 Å². The molecule has 2 fully saturated rings. The van der Waals surface area contributed by atoms with Crippen molar-refractivity contribution in [2.75, 3.05) is 0 Å². The molecule has 0 N–H and O–H groups in total. The molecule has 9 heteroatoms. The van der Waals surface area contributed by atoms with Gasteiger partial charge >= 0.3 is 5.97 Å². The van der Waals surface area contributed by atoms with E-state index < -0.39 is 27.2 Å². The molecule has 1 amide bonds. The van der Waals surface area contributed by atoms with Crippen LogP contribution in [-0.4, -0.2) is 49.6 Å². The molecule has 1 unspecified atom stereocenters. The molecule has 4 rings (SSSR count). The predicted molar refractivity (Wildman–Crippen MR) is 126 cm³/mol. The van der Waals surface area contributed by atoms with E-state index in [2.05, 4.69) is 4.99 Å². The molecule has 0 saturated carbocycles. The number of amides is 1. The highest BCUT2D eigenvalue weighted by Gasteiger charge is 2.71. The average Bonchev–Trinajstić information content (AvgIpc) is 3.07. The second kappa shape index (κ2) is 8.62. The maximum Gasteiger partial charge on any atom is 0.330 e. The Labute approximate surface area is 196 Å². The summed E-state index contributed by atoms with van der Waals surface area (Å²) in [6.07, 6.45) is 2.06. The fourth-order valence-electron chi connectivity index (χ4n) is 4.31. The second-order valence-electron chi connectivity index (χ2n) is 8.67. The van der Waals surface area contributed by atoms with E-state index in [1.807, 2.05) is 51.1 Å². The Bertz CT molecular complexity index is 1100. The number of carbonyl (C=O) groups is 2. The van der Waals surface area contributed by atoms with Gasteiger partial charge in [0.05, 0.1) is 4.92 Å². The quantitative estimate of drug-likeness (QED) is 0.201. The molecule has 2 aromatic carbocycles. The summed E-state index contributed by atoms with van der Waals surface area (Å²) >= 11 is 1.55. The number of non-ortho nitro benzene ring substituents is 1. The van der Waals surface area contributed by atoms with Gasteiger partial charge in [0.2, 0.25) is 0 Å². The molecule has 3 atom stereocenters. The predicted octanol–water partition coefficient (Wildman–Crippen LogP) is 3.97. The SMILES string of the molecule is CCC1(/N=C/c2ccc([N+](=O)[O-])cc2)C(=O)N2[C@@H](C(=O)OCc3ccccc3)C(C)(C)S[C@@H]21. The van der Waals surface area contributed by atoms with E-state index in [-0.39, 0.29) is 23.6 Å². The molecule has 0 radical (unpaired) electrons. The number of hydrogen-bond acceptors (Lipinski definition) is 7. The molecule has 0 spiro atoms. The fourth-order valence-corrected chi connectivity index (χ4v) is 6.08. The van der Waals surface area contributed by atoms with Gasteiger partial charge in [-0.25, -0.2) is 4.79 Å². The summed E-state index contributed by atoms with van der Waals surface area (Å²) < 4.78 is 5.04. The van der Waals surface area contributed by atoms with Gasteiger partial charge in [0.15, 0.2) is 5.54 Å². The van der Waals surface area contributed by atoms with Crippen LogP contribution in [0.3, 0.4) is 0 Å². The van der Waals surface area contributed by atoms with Crippen molar-refractivity contribution in [1.29, 1.82) is 0 Å². The van der Waals surface area contributed by atoms with E-state index in [9.17, 15) is 19.7 Å². The zero-order valence-electron chi connectivity index (χ0n) is 18.6. The number of rotatable bonds is 7. The van der Waals surface area contributed by atoms with Crippen LogP contribution >= 0.6 is 11.8 Å². The summed E-state index contributed by atoms with van der Waals surface area (Å²) in [5.41, 5.74) is 0.573. The third-order valence-corrected chi connectivity index (χ3v) is 7.82. The van der Waals surface area contributed by atoms with Crippen LogP contribution < -0.4 is 0 Å². The molecule has 2 aromatic rings. The smallest absolute Gasteiger partial charge is 0.330 e. The summed E-state index contributed by atoms with van der Waals surface area (Å²) in [6.45, 7) is 5.94. The number of carbonyl (C=O) groups excluding carboxylic acids is 2. The third kappa shape index (κ3) is 4.01. The van der Waals surface area contributed by atoms with Crippen molar-refractivity contribution in [2.24, 2.45) is 4.99 Å². The molecule has 33 heavy (non-hydrogen) atoms. The number of benzene rings is 2. The highest BCUT2D eigenvalue weighted by molar-refractivity contribution is 8.01. The lowest BCUT2D eigenvalue weighted by molar-refractivity contribution is -0.384. The molecule has 2 saturated heterocycles. The fraction of sp³-hybridized carbons (Fsp3) is 0.375. The van der Waals surface area contributed by atoms with Crippen LogP contribution in [0.2, 0.25) is 0 Å². The molecule has 8 nitrogen and oxygen atoms in total. The summed E-state index contributed by atoms with van der Waals surface area (Å²) in [5, 5.41) is 10.6. The van der Waals surface area contributed by atoms with Crippen LogP contribution in [-0.2, 0) is 20.9 Å². The number of β-lactam (4-membered cyclic amide) rings is 1. The van der Waals surface area contributed by atoms with Gasteiger partial charge in [-0.1, -0.05) is 37.3 Å². The molecular formula is C24H25N3O5S. The topological polar surface area (TPSA) is 102 Å². The standard InChI is InChI=1S/C24H25N3O5S/c1-4-24(25-14-16-10-12-18(13-11-16)27(30)31)21(29)26-19(23(2,3)33-22(24)26)20(28)32-15-17-8-6-5-7-9-17/h5-14,19,22H,4,15H2,1-3H3/b25-14+/t19-,22+,24?/m0/s1. The number of nitrogens with zero attached hydrogens (tertiary/aromatic N) is 3. The Kier molecular flexibility index (Phi) is 6.00. The Balaban J connectivity index is 1.52. The maximum absolute atomic E-state index is 13.3. The van der Waals surface area contributed by atoms with E-state index >= 15 is 0 Å². The molecule has 2 aliphatic heterocycles. The van der Waals surface area contributed by atoms with Gasteiger partial charge in [-0.2, -0.15) is 0 Å². The van der Waals surface area contributed by atoms with Gasteiger partial charge in [-0.05, 0) is 43.5 Å². The first-order valence-corrected chi connectivity index (χ1v) is 11.6. The minimum Gasteiger partial charge on any atom is -0.459 e. The summed E-state index contributed by atoms with van der Waals surface area (Å²) in [5.74, 6) is -0.621. The van der Waals surface area contributed by atoms with E-state index in [4.69, 9.17) is 4.74 Å². The summed E-state index contributed by atoms with van der Waals surface area (Å²) in [7, 11) is 0. The highest BCUT2D eigenvalue weighted by Crippen LogP contribution is 2.57. The van der Waals surface area contributed by atoms with Crippen LogP contribution in [0.1, 0.15) is 38.3 Å². The maximum atomic E-state index is 13.3. The summed E-state index contributed by atoms with van der Waals surface area (Å²) in [4.78, 5) is 43.0. The zero-order chi connectivity index (χ0) is 23.8. The molecule has 0 aliphatic carbocycles. The first-order chi connectivity index (χ1) is 15.7. The Morgan fingerprint density at radius 2 is 1.88 bits per heavy atom. The number of fused-ring (bicyclic) bond motifs is 1. The van der Waals surface area contributed by atoms with Crippen molar-refractivity contribution in [2.45, 2.75) is 55.5 Å². The van der Waals surface area contributed by atoms with Gasteiger partial charge in [0.25, 0.3) is 11.6 Å². The van der Waals surface area contributed by atoms with Gasteiger partial charge in [-0.15, -0.1) is 11.8 Å². The van der Waals surface area contributed by atoms with Gasteiger partial charge in [-0.3, -0.25) is 19.9 Å². The van der Waals surface area contributed by atoms with Crippen LogP contribution in [0, 0.1) is 10.1 Å². The van der Waals surface area contributed by atoms with E-state index in [0.29, 0.717) is 12.0 Å². The average molecular weight is 468 g/mol. The van der Waals surface area contributed by atoms with Gasteiger partial charge in [0.1, 0.15) is 18.0 Å². The largest absolute Gasteiger partial charge is 0.459 e. The number of hydrogen-bond donors (Lipinski definition) is 0. The number of nitro groups is 1. The molecule has 0 aromatic heterocycles. The van der Waals surface area contributed by atoms with Crippen molar-refractivity contribution in [3.05, 3.63) is 75.8 Å². The monoisotopic (exact) mass is 467 g/mol. The molecule has 2 aliphatic rings. The van der Waals surface area contributed by atoms with E-state index in [0.717, 1.165) is 5.56 Å². The first kappa shape index (κ1) is 23.0. The zero-order valence-corrected chi connectivity index (χ0v) is 19.5. The third-order valence-electron chi connectivity index (χ3n) is 6.15. The number of aliphatic imine (C=N–C) groups is 1. The lowest BCUT2D eigenvalue weighted by Crippen LogP contribution is -2.72. The second-order valence-corrected chi connectivity index (χ2v) is 10.4. The molecule has 2 heterocycles. The minimum absolute atomic E-state index is 0.00629. The number of ether oxygens (including phenoxy) is 1. The first-order valence-electron chi connectivity index (χ1n) is 10.7. The lowest BCUT2D eigenvalue weighted by Gasteiger charge is -2.50. The van der Waals surface area contributed by atoms with Crippen molar-refractivity contribution in [1.82, 2.24) is 4.90 Å². The molecule has 172 valence electrons. The van der Waals surface area contributed by atoms with Crippen LogP contribution in [0.5, 0.6) is 0 Å². The molecular weight excluding hydrogens is 442 g/mol. The number of esters is 1. The number of nitro benzene ring substituents is 1. The Morgan fingerprint density at radius 3 is 2.48 bits per heavy atom. The van der Waals surface area contributed by atoms with Gasteiger partial charge in [0, 0.05) is 23.1 Å². The van der Waals surface area contributed by atoms with Gasteiger partial charge < -0.3 is 9.64 Å². The molecule has 0 bridgehead atoms. The van der Waals surface area contributed by atoms with Crippen molar-refractivity contribution in [3.8, 4) is 0 Å². The van der Waals surface area contributed by atoms with Crippen molar-refractivity contribution >= 4 is 35.5 Å². The van der Waals surface area contributed by atoms with Crippen LogP contribution in [0.15, 0.2) is 59.6 Å². The van der Waals surface area contributed by atoms with E-state index in [1.165, 1.54) is 12.1 Å². The van der Waals surface area contributed by atoms with Crippen molar-refractivity contribution < 1.29 is 19.2 Å². The highest BCUT2D eigenvalue weighted by atomic mass is 32.2. The Hall–Kier alpha value is -3.20.